The van der Waals surface area contributed by atoms with Gasteiger partial charge < -0.3 is 9.30 Å². The molecule has 1 saturated heterocycles. The first-order valence-corrected chi connectivity index (χ1v) is 4.02. The van der Waals surface area contributed by atoms with E-state index in [1.807, 2.05) is 10.8 Å². The third kappa shape index (κ3) is 1.26. The van der Waals surface area contributed by atoms with E-state index in [1.54, 1.807) is 6.20 Å². The van der Waals surface area contributed by atoms with Crippen molar-refractivity contribution in [2.45, 2.75) is 12.5 Å². The van der Waals surface area contributed by atoms with E-state index in [-0.39, 0.29) is 0 Å². The van der Waals surface area contributed by atoms with Crippen LogP contribution in [0.1, 0.15) is 12.5 Å². The lowest BCUT2D eigenvalue weighted by Crippen LogP contribution is -2.07. The summed E-state index contributed by atoms with van der Waals surface area (Å²) in [4.78, 5) is 3.93. The van der Waals surface area contributed by atoms with E-state index < -0.39 is 0 Å². The van der Waals surface area contributed by atoms with E-state index in [0.717, 1.165) is 19.6 Å². The Labute approximate surface area is 69.9 Å². The summed E-state index contributed by atoms with van der Waals surface area (Å²) in [5.74, 6) is 0. The van der Waals surface area contributed by atoms with Gasteiger partial charge in [0.05, 0.1) is 12.6 Å². The van der Waals surface area contributed by atoms with Crippen LogP contribution >= 0.6 is 11.6 Å². The first-order chi connectivity index (χ1) is 5.38. The molecule has 0 radical (unpaired) electrons. The number of ether oxygens (including phenoxy) is 1. The first-order valence-electron chi connectivity index (χ1n) is 3.64. The Kier molecular flexibility index (Phi) is 1.84. The quantitative estimate of drug-likeness (QED) is 0.642. The molecule has 2 heterocycles. The zero-order chi connectivity index (χ0) is 7.68. The molecule has 3 nitrogen and oxygen atoms in total. The fourth-order valence-corrected chi connectivity index (χ4v) is 1.56. The van der Waals surface area contributed by atoms with Crippen molar-refractivity contribution in [2.75, 3.05) is 13.2 Å². The highest BCUT2D eigenvalue weighted by molar-refractivity contribution is 6.28. The van der Waals surface area contributed by atoms with Gasteiger partial charge in [0.25, 0.3) is 0 Å². The largest absolute Gasteiger partial charge is 0.379 e. The average molecular weight is 173 g/mol. The highest BCUT2D eigenvalue weighted by Gasteiger charge is 2.18. The van der Waals surface area contributed by atoms with Crippen LogP contribution in [0.3, 0.4) is 0 Å². The van der Waals surface area contributed by atoms with Crippen molar-refractivity contribution in [1.29, 1.82) is 0 Å². The summed E-state index contributed by atoms with van der Waals surface area (Å²) in [6, 6.07) is 0.394. The molecule has 1 aromatic heterocycles. The molecule has 1 aliphatic rings. The molecule has 1 unspecified atom stereocenters. The standard InChI is InChI=1S/C7H9ClN2O/c8-7-9-2-3-10(7)6-1-4-11-5-6/h2-3,6H,1,4-5H2. The summed E-state index contributed by atoms with van der Waals surface area (Å²) in [6.45, 7) is 1.59. The number of aromatic nitrogens is 2. The molecule has 0 spiro atoms. The molecule has 1 fully saturated rings. The second-order valence-electron chi connectivity index (χ2n) is 2.62. The van der Waals surface area contributed by atoms with E-state index in [2.05, 4.69) is 4.98 Å². The maximum Gasteiger partial charge on any atom is 0.202 e. The molecule has 0 saturated carbocycles. The topological polar surface area (TPSA) is 27.1 Å². The third-order valence-electron chi connectivity index (χ3n) is 1.92. The summed E-state index contributed by atoms with van der Waals surface area (Å²) in [7, 11) is 0. The molecule has 0 bridgehead atoms. The predicted octanol–water partition coefficient (Wildman–Crippen LogP) is 1.50. The van der Waals surface area contributed by atoms with Crippen LogP contribution < -0.4 is 0 Å². The maximum absolute atomic E-state index is 5.82. The van der Waals surface area contributed by atoms with Gasteiger partial charge in [-0.15, -0.1) is 0 Å². The smallest absolute Gasteiger partial charge is 0.202 e. The average Bonchev–Trinajstić information content (AvgIpc) is 2.55. The van der Waals surface area contributed by atoms with Gasteiger partial charge in [-0.25, -0.2) is 4.98 Å². The highest BCUT2D eigenvalue weighted by Crippen LogP contribution is 2.21. The minimum atomic E-state index is 0.394. The van der Waals surface area contributed by atoms with Crippen molar-refractivity contribution in [3.05, 3.63) is 17.7 Å². The van der Waals surface area contributed by atoms with Gasteiger partial charge in [-0.3, -0.25) is 0 Å². The molecule has 11 heavy (non-hydrogen) atoms. The van der Waals surface area contributed by atoms with Gasteiger partial charge in [-0.1, -0.05) is 0 Å². The van der Waals surface area contributed by atoms with Crippen LogP contribution in [-0.4, -0.2) is 22.8 Å². The lowest BCUT2D eigenvalue weighted by atomic mass is 10.3. The Morgan fingerprint density at radius 1 is 1.73 bits per heavy atom. The Bertz CT molecular complexity index is 242. The number of rotatable bonds is 1. The zero-order valence-electron chi connectivity index (χ0n) is 6.03. The fourth-order valence-electron chi connectivity index (χ4n) is 1.31. The molecule has 1 atom stereocenters. The number of hydrogen-bond acceptors (Lipinski definition) is 2. The van der Waals surface area contributed by atoms with Gasteiger partial charge in [0.2, 0.25) is 5.28 Å². The van der Waals surface area contributed by atoms with Crippen molar-refractivity contribution in [3.63, 3.8) is 0 Å². The molecule has 0 amide bonds. The molecule has 60 valence electrons. The predicted molar refractivity (Wildman–Crippen MR) is 41.7 cm³/mol. The van der Waals surface area contributed by atoms with E-state index in [1.165, 1.54) is 0 Å². The number of imidazole rings is 1. The Hall–Kier alpha value is -0.540. The minimum Gasteiger partial charge on any atom is -0.379 e. The van der Waals surface area contributed by atoms with Gasteiger partial charge in [-0.2, -0.15) is 0 Å². The molecule has 0 aliphatic carbocycles. The zero-order valence-corrected chi connectivity index (χ0v) is 6.79. The molecular formula is C7H9ClN2O. The molecular weight excluding hydrogens is 164 g/mol. The molecule has 1 aromatic rings. The Balaban J connectivity index is 2.21. The Morgan fingerprint density at radius 2 is 2.64 bits per heavy atom. The van der Waals surface area contributed by atoms with E-state index in [9.17, 15) is 0 Å². The minimum absolute atomic E-state index is 0.394. The van der Waals surface area contributed by atoms with Crippen molar-refractivity contribution in [2.24, 2.45) is 0 Å². The summed E-state index contributed by atoms with van der Waals surface area (Å²) in [6.07, 6.45) is 4.64. The number of halogens is 1. The SMILES string of the molecule is Clc1nccn1C1CCOC1. The number of nitrogens with zero attached hydrogens (tertiary/aromatic N) is 2. The van der Waals surface area contributed by atoms with Crippen LogP contribution in [0.15, 0.2) is 12.4 Å². The molecule has 4 heteroatoms. The maximum atomic E-state index is 5.82. The van der Waals surface area contributed by atoms with Gasteiger partial charge in [0.1, 0.15) is 0 Å². The van der Waals surface area contributed by atoms with Gasteiger partial charge >= 0.3 is 0 Å². The Morgan fingerprint density at radius 3 is 3.18 bits per heavy atom. The van der Waals surface area contributed by atoms with E-state index in [0.29, 0.717) is 11.3 Å². The fraction of sp³-hybridized carbons (Fsp3) is 0.571. The van der Waals surface area contributed by atoms with Crippen molar-refractivity contribution in [1.82, 2.24) is 9.55 Å². The van der Waals surface area contributed by atoms with E-state index >= 15 is 0 Å². The second-order valence-corrected chi connectivity index (χ2v) is 2.96. The lowest BCUT2D eigenvalue weighted by Gasteiger charge is -2.09. The monoisotopic (exact) mass is 172 g/mol. The lowest BCUT2D eigenvalue weighted by molar-refractivity contribution is 0.186. The van der Waals surface area contributed by atoms with Crippen LogP contribution in [0.5, 0.6) is 0 Å². The van der Waals surface area contributed by atoms with Gasteiger partial charge in [-0.05, 0) is 18.0 Å². The first kappa shape index (κ1) is 7.13. The second kappa shape index (κ2) is 2.83. The summed E-state index contributed by atoms with van der Waals surface area (Å²) in [5.41, 5.74) is 0. The van der Waals surface area contributed by atoms with Crippen LogP contribution in [0.4, 0.5) is 0 Å². The van der Waals surface area contributed by atoms with Crippen LogP contribution in [0, 0.1) is 0 Å². The highest BCUT2D eigenvalue weighted by atomic mass is 35.5. The van der Waals surface area contributed by atoms with Crippen molar-refractivity contribution in [3.8, 4) is 0 Å². The normalized spacial score (nSPS) is 24.3. The van der Waals surface area contributed by atoms with Crippen LogP contribution in [-0.2, 0) is 4.74 Å². The van der Waals surface area contributed by atoms with Crippen LogP contribution in [0.2, 0.25) is 5.28 Å². The summed E-state index contributed by atoms with van der Waals surface area (Å²) in [5, 5.41) is 0.556. The summed E-state index contributed by atoms with van der Waals surface area (Å²) < 4.78 is 7.18. The summed E-state index contributed by atoms with van der Waals surface area (Å²) >= 11 is 5.82. The molecule has 0 N–H and O–H groups in total. The van der Waals surface area contributed by atoms with E-state index in [4.69, 9.17) is 16.3 Å². The van der Waals surface area contributed by atoms with Crippen LogP contribution in [0.25, 0.3) is 0 Å². The van der Waals surface area contributed by atoms with Gasteiger partial charge in [0, 0.05) is 19.0 Å². The molecule has 1 aliphatic heterocycles. The molecule has 0 aromatic carbocycles. The van der Waals surface area contributed by atoms with Gasteiger partial charge in [0.15, 0.2) is 0 Å². The van der Waals surface area contributed by atoms with Crippen molar-refractivity contribution >= 4 is 11.6 Å². The number of hydrogen-bond donors (Lipinski definition) is 0. The molecule has 2 rings (SSSR count). The van der Waals surface area contributed by atoms with Crippen molar-refractivity contribution < 1.29 is 4.74 Å². The third-order valence-corrected chi connectivity index (χ3v) is 2.21.